The van der Waals surface area contributed by atoms with Crippen molar-refractivity contribution in [3.63, 3.8) is 0 Å². The van der Waals surface area contributed by atoms with Crippen molar-refractivity contribution in [2.24, 2.45) is 16.9 Å². The Morgan fingerprint density at radius 3 is 1.82 bits per heavy atom. The number of hydrogen-bond acceptors (Lipinski definition) is 5. The van der Waals surface area contributed by atoms with Crippen LogP contribution in [0.3, 0.4) is 0 Å². The van der Waals surface area contributed by atoms with Gasteiger partial charge in [0, 0.05) is 40.9 Å². The Balaban J connectivity index is 1.26. The molecule has 1 aliphatic heterocycles. The molecule has 2 atom stereocenters. The summed E-state index contributed by atoms with van der Waals surface area (Å²) in [6.07, 6.45) is 1.56. The van der Waals surface area contributed by atoms with Crippen molar-refractivity contribution in [1.29, 1.82) is 0 Å². The smallest absolute Gasteiger partial charge is 0.271 e. The number of hydrogen-bond donors (Lipinski definition) is 0. The van der Waals surface area contributed by atoms with Gasteiger partial charge in [0.15, 0.2) is 0 Å². The summed E-state index contributed by atoms with van der Waals surface area (Å²) < 4.78 is 1.94. The molecule has 1 aromatic heterocycles. The molecule has 40 heavy (non-hydrogen) atoms. The zero-order valence-electron chi connectivity index (χ0n) is 22.2. The van der Waals surface area contributed by atoms with E-state index in [0.717, 1.165) is 49.8 Å². The fraction of sp³-hybridized carbons (Fsp3) is 0.219. The fourth-order valence-electron chi connectivity index (χ4n) is 7.14. The van der Waals surface area contributed by atoms with E-state index in [0.29, 0.717) is 5.69 Å². The number of amides is 2. The lowest BCUT2D eigenvalue weighted by Crippen LogP contribution is -2.41. The summed E-state index contributed by atoms with van der Waals surface area (Å²) in [7, 11) is 0. The summed E-state index contributed by atoms with van der Waals surface area (Å²) in [5.74, 6) is -1.87. The molecular weight excluding hydrogens is 504 g/mol. The van der Waals surface area contributed by atoms with Gasteiger partial charge in [-0.15, -0.1) is 0 Å². The van der Waals surface area contributed by atoms with E-state index in [1.807, 2.05) is 55.7 Å². The maximum absolute atomic E-state index is 13.8. The van der Waals surface area contributed by atoms with E-state index >= 15 is 0 Å². The fourth-order valence-corrected chi connectivity index (χ4v) is 7.14. The molecule has 1 saturated heterocycles. The summed E-state index contributed by atoms with van der Waals surface area (Å²) in [6, 6.07) is 23.0. The number of imide groups is 1. The Labute approximate surface area is 230 Å². The molecule has 0 spiro atoms. The predicted molar refractivity (Wildman–Crippen MR) is 150 cm³/mol. The molecule has 1 fully saturated rings. The number of rotatable bonds is 4. The first kappa shape index (κ1) is 24.2. The Kier molecular flexibility index (Phi) is 5.19. The van der Waals surface area contributed by atoms with E-state index in [-0.39, 0.29) is 29.3 Å². The maximum atomic E-state index is 13.8. The van der Waals surface area contributed by atoms with Crippen LogP contribution >= 0.6 is 0 Å². The molecule has 4 aliphatic rings. The Bertz CT molecular complexity index is 1690. The Morgan fingerprint density at radius 2 is 1.32 bits per heavy atom. The normalized spacial score (nSPS) is 22.5. The summed E-state index contributed by atoms with van der Waals surface area (Å²) in [5.41, 5.74) is 8.48. The molecule has 0 N–H and O–H groups in total. The van der Waals surface area contributed by atoms with Gasteiger partial charge in [-0.05, 0) is 54.7 Å². The topological polar surface area (TPSA) is 97.8 Å². The third-order valence-corrected chi connectivity index (χ3v) is 8.85. The van der Waals surface area contributed by atoms with Crippen molar-refractivity contribution in [2.75, 3.05) is 0 Å². The zero-order valence-corrected chi connectivity index (χ0v) is 22.2. The minimum atomic E-state index is -0.487. The summed E-state index contributed by atoms with van der Waals surface area (Å²) in [5, 5.41) is 16.9. The highest BCUT2D eigenvalue weighted by Crippen LogP contribution is 2.60. The maximum Gasteiger partial charge on any atom is 0.271 e. The van der Waals surface area contributed by atoms with Crippen molar-refractivity contribution in [3.05, 3.63) is 128 Å². The van der Waals surface area contributed by atoms with Crippen molar-refractivity contribution in [1.82, 2.24) is 9.58 Å². The van der Waals surface area contributed by atoms with E-state index < -0.39 is 16.8 Å². The second kappa shape index (κ2) is 8.58. The van der Waals surface area contributed by atoms with Crippen LogP contribution in [0.5, 0.6) is 0 Å². The lowest BCUT2D eigenvalue weighted by molar-refractivity contribution is -0.384. The number of nitro groups is 1. The van der Waals surface area contributed by atoms with Crippen LogP contribution in [0.25, 0.3) is 5.69 Å². The monoisotopic (exact) mass is 530 g/mol. The van der Waals surface area contributed by atoms with Gasteiger partial charge in [0.2, 0.25) is 0 Å². The molecule has 4 aromatic rings. The van der Waals surface area contributed by atoms with Crippen LogP contribution in [0, 0.1) is 42.7 Å². The third kappa shape index (κ3) is 3.22. The predicted octanol–water partition coefficient (Wildman–Crippen LogP) is 5.54. The number of carbonyl (C=O) groups is 2. The molecule has 8 rings (SSSR count). The van der Waals surface area contributed by atoms with Crippen LogP contribution in [0.4, 0.5) is 5.69 Å². The minimum absolute atomic E-state index is 0.0100. The summed E-state index contributed by atoms with van der Waals surface area (Å²) in [6.45, 7) is 5.71. The van der Waals surface area contributed by atoms with Crippen LogP contribution < -0.4 is 0 Å². The third-order valence-electron chi connectivity index (χ3n) is 8.85. The number of benzene rings is 3. The van der Waals surface area contributed by atoms with E-state index in [2.05, 4.69) is 29.4 Å². The van der Waals surface area contributed by atoms with Gasteiger partial charge in [-0.25, -0.2) is 0 Å². The lowest BCUT2D eigenvalue weighted by Gasteiger charge is -2.45. The van der Waals surface area contributed by atoms with Gasteiger partial charge in [-0.2, -0.15) is 10.1 Å². The number of hydrazone groups is 1. The number of aromatic nitrogens is 1. The molecule has 0 radical (unpaired) electrons. The van der Waals surface area contributed by atoms with Crippen molar-refractivity contribution in [2.45, 2.75) is 32.6 Å². The SMILES string of the molecule is Cc1ccc([N+](=O)[O-])cc1-n1c(C)cc(/C=N\N2C(=O)[C@H]3C4c5ccccc5C(c5ccccc54)[C@@H]3C2=O)c1C. The van der Waals surface area contributed by atoms with Crippen molar-refractivity contribution in [3.8, 4) is 5.69 Å². The molecule has 3 aromatic carbocycles. The van der Waals surface area contributed by atoms with Gasteiger partial charge in [0.1, 0.15) is 0 Å². The number of aryl methyl sites for hydroxylation is 2. The van der Waals surface area contributed by atoms with Crippen LogP contribution in [-0.4, -0.2) is 32.5 Å². The molecule has 2 amide bonds. The molecule has 8 nitrogen and oxygen atoms in total. The molecule has 0 saturated carbocycles. The first-order valence-electron chi connectivity index (χ1n) is 13.3. The van der Waals surface area contributed by atoms with E-state index in [1.54, 1.807) is 18.3 Å². The number of nitrogens with zero attached hydrogens (tertiary/aromatic N) is 4. The highest BCUT2D eigenvalue weighted by molar-refractivity contribution is 6.08. The van der Waals surface area contributed by atoms with Gasteiger partial charge >= 0.3 is 0 Å². The number of nitro benzene ring substituents is 1. The Morgan fingerprint density at radius 1 is 0.800 bits per heavy atom. The average Bonchev–Trinajstić information content (AvgIpc) is 3.38. The highest BCUT2D eigenvalue weighted by Gasteiger charge is 2.61. The first-order chi connectivity index (χ1) is 19.3. The molecule has 3 aliphatic carbocycles. The van der Waals surface area contributed by atoms with Crippen molar-refractivity contribution < 1.29 is 14.5 Å². The Hall–Kier alpha value is -4.85. The summed E-state index contributed by atoms with van der Waals surface area (Å²) in [4.78, 5) is 38.6. The molecule has 2 bridgehead atoms. The largest absolute Gasteiger partial charge is 0.317 e. The van der Waals surface area contributed by atoms with Gasteiger partial charge in [-0.3, -0.25) is 19.7 Å². The minimum Gasteiger partial charge on any atom is -0.317 e. The second-order valence-corrected chi connectivity index (χ2v) is 10.9. The lowest BCUT2D eigenvalue weighted by atomic mass is 9.55. The van der Waals surface area contributed by atoms with Crippen LogP contribution in [0.1, 0.15) is 56.6 Å². The summed E-state index contributed by atoms with van der Waals surface area (Å²) >= 11 is 0. The molecular formula is C32H26N4O4. The standard InChI is InChI=1S/C32H26N4O4/c1-17-12-13-21(36(39)40)15-26(17)34-18(2)14-20(19(34)3)16-33-35-31(37)29-27-22-8-4-5-9-23(22)28(30(29)32(35)38)25-11-7-6-10-24(25)27/h4-16,27-30H,1-3H3/b33-16-/t27?,28?,29-,30-/m0/s1. The zero-order chi connectivity index (χ0) is 27.9. The van der Waals surface area contributed by atoms with E-state index in [1.165, 1.54) is 6.07 Å². The van der Waals surface area contributed by atoms with Gasteiger partial charge in [0.25, 0.3) is 17.5 Å². The van der Waals surface area contributed by atoms with E-state index in [9.17, 15) is 19.7 Å². The second-order valence-electron chi connectivity index (χ2n) is 10.9. The molecule has 198 valence electrons. The van der Waals surface area contributed by atoms with Crippen LogP contribution in [0.2, 0.25) is 0 Å². The average molecular weight is 531 g/mol. The van der Waals surface area contributed by atoms with Crippen LogP contribution in [0.15, 0.2) is 77.9 Å². The molecule has 8 heteroatoms. The number of non-ortho nitro benzene ring substituents is 1. The molecule has 2 heterocycles. The number of carbonyl (C=O) groups excluding carboxylic acids is 2. The first-order valence-corrected chi connectivity index (χ1v) is 13.3. The van der Waals surface area contributed by atoms with Gasteiger partial charge in [-0.1, -0.05) is 54.6 Å². The van der Waals surface area contributed by atoms with Crippen molar-refractivity contribution >= 4 is 23.7 Å². The quantitative estimate of drug-likeness (QED) is 0.150. The van der Waals surface area contributed by atoms with Crippen LogP contribution in [-0.2, 0) is 9.59 Å². The van der Waals surface area contributed by atoms with Gasteiger partial charge < -0.3 is 4.57 Å². The van der Waals surface area contributed by atoms with E-state index in [4.69, 9.17) is 0 Å². The highest BCUT2D eigenvalue weighted by atomic mass is 16.6. The van der Waals surface area contributed by atoms with Gasteiger partial charge in [0.05, 0.1) is 28.7 Å². The molecule has 0 unspecified atom stereocenters.